The number of aryl methyl sites for hydroxylation is 1. The van der Waals surface area contributed by atoms with Gasteiger partial charge in [0.05, 0.1) is 16.9 Å². The van der Waals surface area contributed by atoms with Crippen LogP contribution >= 0.6 is 11.6 Å². The number of aliphatic hydroxyl groups excluding tert-OH is 1. The third-order valence-electron chi connectivity index (χ3n) is 5.33. The predicted octanol–water partition coefficient (Wildman–Crippen LogP) is 6.59. The van der Waals surface area contributed by atoms with E-state index in [1.165, 1.54) is 0 Å². The molecule has 1 N–H and O–H groups in total. The molecule has 0 aliphatic rings. The van der Waals surface area contributed by atoms with Gasteiger partial charge in [-0.25, -0.2) is 4.21 Å². The summed E-state index contributed by atoms with van der Waals surface area (Å²) in [5.74, 6) is 0. The second-order valence-corrected chi connectivity index (χ2v) is 9.01. The van der Waals surface area contributed by atoms with Crippen molar-refractivity contribution >= 4 is 22.4 Å². The van der Waals surface area contributed by atoms with Crippen LogP contribution in [0.4, 0.5) is 0 Å². The SMILES string of the molecule is C=C([S@@](=O)c1ccc(C)cc1)[C@](CC)(CCCC)[C@H](O)c1ccc(Cl)cc1. The second-order valence-electron chi connectivity index (χ2n) is 7.07. The first kappa shape index (κ1) is 21.9. The Morgan fingerprint density at radius 1 is 1.15 bits per heavy atom. The average Bonchev–Trinajstić information content (AvgIpc) is 2.69. The fraction of sp³-hybridized carbons (Fsp3) is 0.391. The second kappa shape index (κ2) is 9.68. The van der Waals surface area contributed by atoms with Crippen molar-refractivity contribution in [1.82, 2.24) is 0 Å². The van der Waals surface area contributed by atoms with E-state index in [2.05, 4.69) is 13.5 Å². The Bertz CT molecular complexity index is 783. The molecule has 2 aromatic rings. The molecule has 2 nitrogen and oxygen atoms in total. The summed E-state index contributed by atoms with van der Waals surface area (Å²) in [6.07, 6.45) is 2.54. The van der Waals surface area contributed by atoms with Crippen LogP contribution in [0.2, 0.25) is 5.02 Å². The maximum atomic E-state index is 13.3. The van der Waals surface area contributed by atoms with E-state index in [0.29, 0.717) is 16.3 Å². The van der Waals surface area contributed by atoms with Crippen molar-refractivity contribution in [2.45, 2.75) is 57.5 Å². The molecule has 0 spiro atoms. The first-order valence-electron chi connectivity index (χ1n) is 9.47. The first-order chi connectivity index (χ1) is 12.9. The van der Waals surface area contributed by atoms with Gasteiger partial charge in [0.1, 0.15) is 0 Å². The fourth-order valence-corrected chi connectivity index (χ4v) is 4.96. The molecule has 0 aliphatic heterocycles. The number of benzene rings is 2. The van der Waals surface area contributed by atoms with Crippen LogP contribution in [0.15, 0.2) is 64.9 Å². The van der Waals surface area contributed by atoms with Crippen molar-refractivity contribution in [3.63, 3.8) is 0 Å². The summed E-state index contributed by atoms with van der Waals surface area (Å²) >= 11 is 6.01. The van der Waals surface area contributed by atoms with E-state index in [4.69, 9.17) is 11.6 Å². The van der Waals surface area contributed by atoms with E-state index in [1.54, 1.807) is 12.1 Å². The van der Waals surface area contributed by atoms with Crippen molar-refractivity contribution in [1.29, 1.82) is 0 Å². The summed E-state index contributed by atoms with van der Waals surface area (Å²) in [5.41, 5.74) is 1.24. The Morgan fingerprint density at radius 3 is 2.26 bits per heavy atom. The highest BCUT2D eigenvalue weighted by Gasteiger charge is 2.42. The maximum absolute atomic E-state index is 13.3. The van der Waals surface area contributed by atoms with Crippen LogP contribution in [0.3, 0.4) is 0 Å². The molecule has 0 aromatic heterocycles. The largest absolute Gasteiger partial charge is 0.387 e. The average molecular weight is 405 g/mol. The minimum absolute atomic E-state index is 0.588. The van der Waals surface area contributed by atoms with Crippen molar-refractivity contribution in [3.05, 3.63) is 76.2 Å². The lowest BCUT2D eigenvalue weighted by molar-refractivity contribution is 0.0436. The molecule has 0 heterocycles. The Hall–Kier alpha value is -1.42. The molecule has 4 heteroatoms. The number of hydrogen-bond acceptors (Lipinski definition) is 2. The topological polar surface area (TPSA) is 37.3 Å². The molecule has 0 bridgehead atoms. The molecular weight excluding hydrogens is 376 g/mol. The quantitative estimate of drug-likeness (QED) is 0.511. The van der Waals surface area contributed by atoms with Crippen molar-refractivity contribution in [3.8, 4) is 0 Å². The summed E-state index contributed by atoms with van der Waals surface area (Å²) in [6, 6.07) is 14.9. The third kappa shape index (κ3) is 4.90. The minimum atomic E-state index is -1.39. The Labute approximate surface area is 170 Å². The fourth-order valence-electron chi connectivity index (χ4n) is 3.44. The molecule has 0 radical (unpaired) electrons. The van der Waals surface area contributed by atoms with Gasteiger partial charge in [0, 0.05) is 20.2 Å². The normalized spacial score (nSPS) is 15.7. The lowest BCUT2D eigenvalue weighted by atomic mass is 9.73. The molecule has 0 fully saturated rings. The van der Waals surface area contributed by atoms with E-state index < -0.39 is 22.3 Å². The zero-order valence-electron chi connectivity index (χ0n) is 16.4. The van der Waals surface area contributed by atoms with Crippen LogP contribution < -0.4 is 0 Å². The minimum Gasteiger partial charge on any atom is -0.387 e. The van der Waals surface area contributed by atoms with Gasteiger partial charge >= 0.3 is 0 Å². The molecule has 0 amide bonds. The highest BCUT2D eigenvalue weighted by Crippen LogP contribution is 2.49. The zero-order valence-corrected chi connectivity index (χ0v) is 17.9. The maximum Gasteiger partial charge on any atom is 0.0892 e. The molecule has 2 aromatic carbocycles. The molecule has 0 saturated heterocycles. The lowest BCUT2D eigenvalue weighted by Crippen LogP contribution is -2.32. The van der Waals surface area contributed by atoms with Crippen molar-refractivity contribution in [2.75, 3.05) is 0 Å². The van der Waals surface area contributed by atoms with E-state index in [9.17, 15) is 9.32 Å². The molecular formula is C23H29ClO2S. The monoisotopic (exact) mass is 404 g/mol. The predicted molar refractivity (Wildman–Crippen MR) is 115 cm³/mol. The molecule has 0 saturated carbocycles. The molecule has 0 aliphatic carbocycles. The Balaban J connectivity index is 2.44. The van der Waals surface area contributed by atoms with Gasteiger partial charge in [0.2, 0.25) is 0 Å². The van der Waals surface area contributed by atoms with Gasteiger partial charge in [-0.2, -0.15) is 0 Å². The van der Waals surface area contributed by atoms with Crippen molar-refractivity contribution in [2.24, 2.45) is 5.41 Å². The van der Waals surface area contributed by atoms with E-state index >= 15 is 0 Å². The number of unbranched alkanes of at least 4 members (excludes halogenated alkanes) is 1. The van der Waals surface area contributed by atoms with E-state index in [1.807, 2.05) is 50.2 Å². The van der Waals surface area contributed by atoms with Gasteiger partial charge < -0.3 is 5.11 Å². The standard InChI is InChI=1S/C23H29ClO2S/c1-5-7-16-23(6-2,22(25)19-10-12-20(24)13-11-19)18(4)27(26)21-14-8-17(3)9-15-21/h8-15,22,25H,4-7,16H2,1-3H3/t22-,23+,27-/m1/s1. The summed E-state index contributed by atoms with van der Waals surface area (Å²) in [4.78, 5) is 1.31. The van der Waals surface area contributed by atoms with Crippen LogP contribution in [0.1, 0.15) is 56.8 Å². The van der Waals surface area contributed by atoms with Crippen molar-refractivity contribution < 1.29 is 9.32 Å². The van der Waals surface area contributed by atoms with Crippen LogP contribution in [0, 0.1) is 12.3 Å². The van der Waals surface area contributed by atoms with Crippen LogP contribution in [0.25, 0.3) is 0 Å². The summed E-state index contributed by atoms with van der Waals surface area (Å²) in [7, 11) is -1.39. The molecule has 0 unspecified atom stereocenters. The zero-order chi connectivity index (χ0) is 20.0. The number of halogens is 1. The molecule has 27 heavy (non-hydrogen) atoms. The Morgan fingerprint density at radius 2 is 1.74 bits per heavy atom. The van der Waals surface area contributed by atoms with Gasteiger partial charge in [-0.05, 0) is 49.6 Å². The van der Waals surface area contributed by atoms with Crippen LogP contribution in [0.5, 0.6) is 0 Å². The Kier molecular flexibility index (Phi) is 7.84. The summed E-state index contributed by atoms with van der Waals surface area (Å²) in [6.45, 7) is 10.4. The van der Waals surface area contributed by atoms with Crippen LogP contribution in [-0.4, -0.2) is 9.32 Å². The van der Waals surface area contributed by atoms with Gasteiger partial charge in [0.25, 0.3) is 0 Å². The molecule has 146 valence electrons. The summed E-state index contributed by atoms with van der Waals surface area (Å²) < 4.78 is 13.3. The number of rotatable bonds is 9. The summed E-state index contributed by atoms with van der Waals surface area (Å²) in [5, 5.41) is 11.9. The number of hydrogen-bond donors (Lipinski definition) is 1. The van der Waals surface area contributed by atoms with Gasteiger partial charge in [-0.1, -0.05) is 74.7 Å². The van der Waals surface area contributed by atoms with Gasteiger partial charge in [-0.15, -0.1) is 0 Å². The molecule has 3 atom stereocenters. The third-order valence-corrected chi connectivity index (χ3v) is 7.14. The van der Waals surface area contributed by atoms with Gasteiger partial charge in [-0.3, -0.25) is 0 Å². The smallest absolute Gasteiger partial charge is 0.0892 e. The highest BCUT2D eigenvalue weighted by atomic mass is 35.5. The van der Waals surface area contributed by atoms with Crippen LogP contribution in [-0.2, 0) is 10.8 Å². The lowest BCUT2D eigenvalue weighted by Gasteiger charge is -2.39. The first-order valence-corrected chi connectivity index (χ1v) is 11.0. The van der Waals surface area contributed by atoms with E-state index in [0.717, 1.165) is 35.3 Å². The number of aliphatic hydroxyl groups is 1. The van der Waals surface area contributed by atoms with E-state index in [-0.39, 0.29) is 0 Å². The van der Waals surface area contributed by atoms with Gasteiger partial charge in [0.15, 0.2) is 0 Å². The molecule has 2 rings (SSSR count). The highest BCUT2D eigenvalue weighted by molar-refractivity contribution is 7.89.